The number of sulfone groups is 1. The standard InChI is InChI=1S/C17H14FNO3S2/c18-13-1-4-15(5-2-13)24(21,22)10-8-17(20)19-14-3-6-16-12(11-14)7-9-23-16/h1-7,9,11H,8,10H2,(H,19,20). The van der Waals surface area contributed by atoms with E-state index in [-0.39, 0.29) is 23.0 Å². The third-order valence-corrected chi connectivity index (χ3v) is 6.14. The molecule has 4 nitrogen and oxygen atoms in total. The van der Waals surface area contributed by atoms with E-state index in [9.17, 15) is 17.6 Å². The van der Waals surface area contributed by atoms with Crippen LogP contribution in [-0.2, 0) is 14.6 Å². The Morgan fingerprint density at radius 1 is 1.08 bits per heavy atom. The van der Waals surface area contributed by atoms with Gasteiger partial charge in [-0.25, -0.2) is 12.8 Å². The Balaban J connectivity index is 1.63. The molecule has 1 amide bonds. The number of fused-ring (bicyclic) bond motifs is 1. The second kappa shape index (κ2) is 6.70. The van der Waals surface area contributed by atoms with Crippen molar-refractivity contribution in [3.05, 3.63) is 59.7 Å². The van der Waals surface area contributed by atoms with E-state index in [0.29, 0.717) is 5.69 Å². The molecule has 7 heteroatoms. The van der Waals surface area contributed by atoms with E-state index in [1.807, 2.05) is 23.6 Å². The second-order valence-corrected chi connectivity index (χ2v) is 8.30. The van der Waals surface area contributed by atoms with Gasteiger partial charge >= 0.3 is 0 Å². The van der Waals surface area contributed by atoms with E-state index >= 15 is 0 Å². The largest absolute Gasteiger partial charge is 0.326 e. The lowest BCUT2D eigenvalue weighted by molar-refractivity contribution is -0.115. The summed E-state index contributed by atoms with van der Waals surface area (Å²) in [6, 6.07) is 12.1. The van der Waals surface area contributed by atoms with E-state index in [0.717, 1.165) is 22.2 Å². The summed E-state index contributed by atoms with van der Waals surface area (Å²) in [4.78, 5) is 12.0. The molecule has 1 heterocycles. The van der Waals surface area contributed by atoms with Crippen LogP contribution in [0.2, 0.25) is 0 Å². The molecule has 0 aliphatic rings. The van der Waals surface area contributed by atoms with Crippen LogP contribution >= 0.6 is 11.3 Å². The zero-order valence-corrected chi connectivity index (χ0v) is 14.2. The molecule has 124 valence electrons. The van der Waals surface area contributed by atoms with Crippen LogP contribution in [-0.4, -0.2) is 20.1 Å². The normalized spacial score (nSPS) is 11.5. The maximum Gasteiger partial charge on any atom is 0.225 e. The number of amides is 1. The molecule has 0 saturated carbocycles. The Bertz CT molecular complexity index is 978. The summed E-state index contributed by atoms with van der Waals surface area (Å²) in [5.41, 5.74) is 0.630. The molecule has 3 rings (SSSR count). The van der Waals surface area contributed by atoms with E-state index in [1.165, 1.54) is 12.1 Å². The summed E-state index contributed by atoms with van der Waals surface area (Å²) in [5.74, 6) is -1.21. The fourth-order valence-electron chi connectivity index (χ4n) is 2.25. The van der Waals surface area contributed by atoms with Gasteiger partial charge in [-0.2, -0.15) is 0 Å². The van der Waals surface area contributed by atoms with Crippen LogP contribution in [0.25, 0.3) is 10.1 Å². The van der Waals surface area contributed by atoms with Crippen molar-refractivity contribution in [1.82, 2.24) is 0 Å². The molecule has 0 radical (unpaired) electrons. The molecule has 0 aliphatic heterocycles. The highest BCUT2D eigenvalue weighted by Gasteiger charge is 2.16. The fourth-order valence-corrected chi connectivity index (χ4v) is 4.27. The summed E-state index contributed by atoms with van der Waals surface area (Å²) >= 11 is 1.61. The third kappa shape index (κ3) is 3.80. The molecular formula is C17H14FNO3S2. The Kier molecular flexibility index (Phi) is 4.64. The lowest BCUT2D eigenvalue weighted by Gasteiger charge is -2.07. The van der Waals surface area contributed by atoms with E-state index in [1.54, 1.807) is 17.4 Å². The van der Waals surface area contributed by atoms with Crippen LogP contribution in [0.3, 0.4) is 0 Å². The van der Waals surface area contributed by atoms with Gasteiger partial charge in [-0.05, 0) is 59.3 Å². The maximum atomic E-state index is 12.9. The average Bonchev–Trinajstić information content (AvgIpc) is 3.01. The second-order valence-electron chi connectivity index (χ2n) is 5.24. The number of halogens is 1. The fraction of sp³-hybridized carbons (Fsp3) is 0.118. The minimum absolute atomic E-state index is 0.0105. The van der Waals surface area contributed by atoms with Gasteiger partial charge in [0.1, 0.15) is 5.82 Å². The molecule has 1 N–H and O–H groups in total. The van der Waals surface area contributed by atoms with Gasteiger partial charge in [0.25, 0.3) is 0 Å². The minimum atomic E-state index is -3.62. The highest BCUT2D eigenvalue weighted by atomic mass is 32.2. The van der Waals surface area contributed by atoms with Crippen molar-refractivity contribution in [3.63, 3.8) is 0 Å². The van der Waals surface area contributed by atoms with Crippen LogP contribution in [0.4, 0.5) is 10.1 Å². The number of rotatable bonds is 5. The van der Waals surface area contributed by atoms with Gasteiger partial charge in [0.05, 0.1) is 10.6 Å². The smallest absolute Gasteiger partial charge is 0.225 e. The first-order valence-corrected chi connectivity index (χ1v) is 9.73. The molecule has 0 bridgehead atoms. The Hall–Kier alpha value is -2.25. The SMILES string of the molecule is O=C(CCS(=O)(=O)c1ccc(F)cc1)Nc1ccc2sccc2c1. The molecule has 0 fully saturated rings. The van der Waals surface area contributed by atoms with Gasteiger partial charge in [-0.15, -0.1) is 11.3 Å². The molecule has 24 heavy (non-hydrogen) atoms. The van der Waals surface area contributed by atoms with Crippen molar-refractivity contribution in [2.45, 2.75) is 11.3 Å². The number of thiophene rings is 1. The van der Waals surface area contributed by atoms with Crippen LogP contribution in [0.1, 0.15) is 6.42 Å². The summed E-state index contributed by atoms with van der Waals surface area (Å²) in [5, 5.41) is 5.69. The number of nitrogens with one attached hydrogen (secondary N) is 1. The van der Waals surface area contributed by atoms with Gasteiger partial charge in [-0.3, -0.25) is 4.79 Å². The van der Waals surface area contributed by atoms with Crippen LogP contribution in [0.5, 0.6) is 0 Å². The number of anilines is 1. The zero-order valence-electron chi connectivity index (χ0n) is 12.5. The van der Waals surface area contributed by atoms with Crippen molar-refractivity contribution >= 4 is 42.9 Å². The summed E-state index contributed by atoms with van der Waals surface area (Å²) in [6.45, 7) is 0. The number of carbonyl (C=O) groups excluding carboxylic acids is 1. The summed E-state index contributed by atoms with van der Waals surface area (Å²) < 4.78 is 38.3. The first-order chi connectivity index (χ1) is 11.4. The average molecular weight is 363 g/mol. The van der Waals surface area contributed by atoms with Gasteiger partial charge in [-0.1, -0.05) is 0 Å². The van der Waals surface area contributed by atoms with E-state index < -0.39 is 15.7 Å². The lowest BCUT2D eigenvalue weighted by Crippen LogP contribution is -2.17. The molecule has 0 atom stereocenters. The quantitative estimate of drug-likeness (QED) is 0.701. The topological polar surface area (TPSA) is 63.2 Å². The summed E-state index contributed by atoms with van der Waals surface area (Å²) in [7, 11) is -3.62. The predicted octanol–water partition coefficient (Wildman–Crippen LogP) is 3.84. The molecule has 2 aromatic carbocycles. The molecular weight excluding hydrogens is 349 g/mol. The lowest BCUT2D eigenvalue weighted by atomic mass is 10.2. The van der Waals surface area contributed by atoms with Crippen molar-refractivity contribution in [3.8, 4) is 0 Å². The Labute approximate surface area is 142 Å². The summed E-state index contributed by atoms with van der Waals surface area (Å²) in [6.07, 6.45) is -0.165. The number of carbonyl (C=O) groups is 1. The molecule has 1 aromatic heterocycles. The zero-order chi connectivity index (χ0) is 17.2. The molecule has 0 spiro atoms. The van der Waals surface area contributed by atoms with Crippen molar-refractivity contribution in [2.75, 3.05) is 11.1 Å². The van der Waals surface area contributed by atoms with Crippen LogP contribution in [0.15, 0.2) is 58.8 Å². The van der Waals surface area contributed by atoms with Gasteiger partial charge in [0, 0.05) is 16.8 Å². The van der Waals surface area contributed by atoms with E-state index in [2.05, 4.69) is 5.32 Å². The number of hydrogen-bond donors (Lipinski definition) is 1. The minimum Gasteiger partial charge on any atom is -0.326 e. The van der Waals surface area contributed by atoms with E-state index in [4.69, 9.17) is 0 Å². The highest BCUT2D eigenvalue weighted by molar-refractivity contribution is 7.91. The molecule has 0 saturated heterocycles. The van der Waals surface area contributed by atoms with Gasteiger partial charge in [0.2, 0.25) is 5.91 Å². The van der Waals surface area contributed by atoms with Gasteiger partial charge < -0.3 is 5.32 Å². The monoisotopic (exact) mass is 363 g/mol. The molecule has 3 aromatic rings. The number of benzene rings is 2. The first kappa shape index (κ1) is 16.6. The Morgan fingerprint density at radius 3 is 2.58 bits per heavy atom. The Morgan fingerprint density at radius 2 is 1.83 bits per heavy atom. The van der Waals surface area contributed by atoms with Crippen molar-refractivity contribution in [1.29, 1.82) is 0 Å². The van der Waals surface area contributed by atoms with Crippen LogP contribution in [0, 0.1) is 5.82 Å². The molecule has 0 unspecified atom stereocenters. The van der Waals surface area contributed by atoms with Crippen LogP contribution < -0.4 is 5.32 Å². The third-order valence-electron chi connectivity index (χ3n) is 3.51. The number of hydrogen-bond acceptors (Lipinski definition) is 4. The van der Waals surface area contributed by atoms with Crippen molar-refractivity contribution in [2.24, 2.45) is 0 Å². The predicted molar refractivity (Wildman–Crippen MR) is 93.5 cm³/mol. The van der Waals surface area contributed by atoms with Gasteiger partial charge in [0.15, 0.2) is 9.84 Å². The first-order valence-electron chi connectivity index (χ1n) is 7.19. The van der Waals surface area contributed by atoms with Crippen molar-refractivity contribution < 1.29 is 17.6 Å². The maximum absolute atomic E-state index is 12.9. The highest BCUT2D eigenvalue weighted by Crippen LogP contribution is 2.24. The molecule has 0 aliphatic carbocycles.